The van der Waals surface area contributed by atoms with Crippen molar-refractivity contribution in [1.29, 1.82) is 0 Å². The minimum Gasteiger partial charge on any atom is -0.377 e. The van der Waals surface area contributed by atoms with Crippen molar-refractivity contribution in [2.45, 2.75) is 51.0 Å². The van der Waals surface area contributed by atoms with Gasteiger partial charge in [0.05, 0.1) is 19.3 Å². The fourth-order valence-corrected chi connectivity index (χ4v) is 3.32. The first kappa shape index (κ1) is 19.5. The van der Waals surface area contributed by atoms with Crippen LogP contribution in [0.2, 0.25) is 0 Å². The molecule has 24 heavy (non-hydrogen) atoms. The van der Waals surface area contributed by atoms with Gasteiger partial charge in [0, 0.05) is 26.7 Å². The van der Waals surface area contributed by atoms with Gasteiger partial charge in [0.15, 0.2) is 5.96 Å². The lowest BCUT2D eigenvalue weighted by atomic mass is 10.2. The largest absolute Gasteiger partial charge is 0.377 e. The van der Waals surface area contributed by atoms with Gasteiger partial charge in [0.2, 0.25) is 0 Å². The lowest BCUT2D eigenvalue weighted by Crippen LogP contribution is -2.40. The van der Waals surface area contributed by atoms with Gasteiger partial charge >= 0.3 is 0 Å². The Labute approximate surface area is 147 Å². The van der Waals surface area contributed by atoms with E-state index in [1.807, 2.05) is 7.05 Å². The summed E-state index contributed by atoms with van der Waals surface area (Å²) in [6.45, 7) is 7.77. The second kappa shape index (κ2) is 12.5. The monoisotopic (exact) mass is 340 g/mol. The van der Waals surface area contributed by atoms with Crippen molar-refractivity contribution < 1.29 is 9.47 Å². The van der Waals surface area contributed by atoms with E-state index in [9.17, 15) is 0 Å². The van der Waals surface area contributed by atoms with Gasteiger partial charge < -0.3 is 25.0 Å². The summed E-state index contributed by atoms with van der Waals surface area (Å²) >= 11 is 0. The second-order valence-electron chi connectivity index (χ2n) is 6.75. The van der Waals surface area contributed by atoms with Crippen LogP contribution in [0.4, 0.5) is 0 Å². The molecule has 0 saturated carbocycles. The molecule has 6 nitrogen and oxygen atoms in total. The molecule has 140 valence electrons. The van der Waals surface area contributed by atoms with Crippen LogP contribution in [-0.2, 0) is 9.47 Å². The molecule has 2 aliphatic heterocycles. The van der Waals surface area contributed by atoms with E-state index in [4.69, 9.17) is 9.47 Å². The summed E-state index contributed by atoms with van der Waals surface area (Å²) < 4.78 is 11.2. The Morgan fingerprint density at radius 1 is 1.12 bits per heavy atom. The first-order chi connectivity index (χ1) is 11.9. The lowest BCUT2D eigenvalue weighted by Gasteiger charge is -2.20. The highest BCUT2D eigenvalue weighted by Crippen LogP contribution is 2.11. The minimum atomic E-state index is 0.307. The van der Waals surface area contributed by atoms with E-state index >= 15 is 0 Å². The highest BCUT2D eigenvalue weighted by atomic mass is 16.5. The van der Waals surface area contributed by atoms with Crippen molar-refractivity contribution in [3.05, 3.63) is 0 Å². The van der Waals surface area contributed by atoms with Crippen molar-refractivity contribution >= 4 is 5.96 Å². The number of hydrogen-bond donors (Lipinski definition) is 2. The molecule has 2 aliphatic rings. The van der Waals surface area contributed by atoms with E-state index in [1.165, 1.54) is 51.7 Å². The van der Waals surface area contributed by atoms with E-state index < -0.39 is 0 Å². The Morgan fingerprint density at radius 3 is 2.62 bits per heavy atom. The number of hydrogen-bond acceptors (Lipinski definition) is 4. The molecule has 2 saturated heterocycles. The van der Waals surface area contributed by atoms with Crippen LogP contribution in [0.15, 0.2) is 4.99 Å². The van der Waals surface area contributed by atoms with Crippen LogP contribution in [0.1, 0.15) is 44.9 Å². The van der Waals surface area contributed by atoms with Crippen LogP contribution in [0.5, 0.6) is 0 Å². The molecule has 0 aliphatic carbocycles. The number of likely N-dealkylation sites (tertiary alicyclic amines) is 1. The van der Waals surface area contributed by atoms with Crippen molar-refractivity contribution in [1.82, 2.24) is 15.5 Å². The highest BCUT2D eigenvalue weighted by molar-refractivity contribution is 5.79. The fraction of sp³-hybridized carbons (Fsp3) is 0.944. The predicted molar refractivity (Wildman–Crippen MR) is 98.7 cm³/mol. The molecule has 0 radical (unpaired) electrons. The maximum Gasteiger partial charge on any atom is 0.191 e. The topological polar surface area (TPSA) is 58.1 Å². The third-order valence-corrected chi connectivity index (χ3v) is 4.73. The molecule has 0 spiro atoms. The zero-order chi connectivity index (χ0) is 16.9. The smallest absolute Gasteiger partial charge is 0.191 e. The molecule has 2 fully saturated rings. The summed E-state index contributed by atoms with van der Waals surface area (Å²) in [5, 5.41) is 6.69. The fourth-order valence-electron chi connectivity index (χ4n) is 3.32. The third-order valence-electron chi connectivity index (χ3n) is 4.73. The Balaban J connectivity index is 1.44. The van der Waals surface area contributed by atoms with E-state index in [0.29, 0.717) is 19.3 Å². The molecule has 1 atom stereocenters. The van der Waals surface area contributed by atoms with E-state index in [2.05, 4.69) is 20.5 Å². The molecular weight excluding hydrogens is 304 g/mol. The van der Waals surface area contributed by atoms with Crippen LogP contribution < -0.4 is 10.6 Å². The molecule has 0 aromatic heterocycles. The number of nitrogens with zero attached hydrogens (tertiary/aromatic N) is 2. The minimum absolute atomic E-state index is 0.307. The summed E-state index contributed by atoms with van der Waals surface area (Å²) in [6, 6.07) is 0. The Hall–Kier alpha value is -0.850. The van der Waals surface area contributed by atoms with Gasteiger partial charge in [0.1, 0.15) is 0 Å². The predicted octanol–water partition coefficient (Wildman–Crippen LogP) is 1.61. The zero-order valence-electron chi connectivity index (χ0n) is 15.4. The van der Waals surface area contributed by atoms with E-state index in [0.717, 1.165) is 38.5 Å². The Bertz CT molecular complexity index is 338. The van der Waals surface area contributed by atoms with Crippen molar-refractivity contribution in [3.63, 3.8) is 0 Å². The summed E-state index contributed by atoms with van der Waals surface area (Å²) in [4.78, 5) is 6.86. The normalized spacial score (nSPS) is 23.2. The van der Waals surface area contributed by atoms with Gasteiger partial charge in [-0.1, -0.05) is 12.8 Å². The third kappa shape index (κ3) is 8.31. The van der Waals surface area contributed by atoms with Crippen LogP contribution in [0, 0.1) is 0 Å². The van der Waals surface area contributed by atoms with Gasteiger partial charge in [-0.2, -0.15) is 0 Å². The number of nitrogens with one attached hydrogen (secondary N) is 2. The summed E-state index contributed by atoms with van der Waals surface area (Å²) in [5.74, 6) is 0.867. The van der Waals surface area contributed by atoms with Gasteiger partial charge in [0.25, 0.3) is 0 Å². The van der Waals surface area contributed by atoms with E-state index in [1.54, 1.807) is 0 Å². The molecule has 2 rings (SSSR count). The second-order valence-corrected chi connectivity index (χ2v) is 6.75. The van der Waals surface area contributed by atoms with Crippen molar-refractivity contribution in [3.8, 4) is 0 Å². The van der Waals surface area contributed by atoms with Crippen molar-refractivity contribution in [2.75, 3.05) is 59.6 Å². The van der Waals surface area contributed by atoms with Crippen LogP contribution in [-0.4, -0.2) is 76.6 Å². The molecule has 0 aromatic carbocycles. The highest BCUT2D eigenvalue weighted by Gasteiger charge is 2.15. The first-order valence-electron chi connectivity index (χ1n) is 9.74. The number of ether oxygens (including phenoxy) is 2. The molecule has 0 bridgehead atoms. The summed E-state index contributed by atoms with van der Waals surface area (Å²) in [5.41, 5.74) is 0. The van der Waals surface area contributed by atoms with Gasteiger partial charge in [-0.25, -0.2) is 0 Å². The number of rotatable bonds is 9. The summed E-state index contributed by atoms with van der Waals surface area (Å²) in [6.07, 6.45) is 9.30. The standard InChI is InChI=1S/C18H36N4O2/c1-19-18(21-10-15-23-16-17-8-6-14-24-17)20-9-7-13-22-11-4-2-3-5-12-22/h17H,2-16H2,1H3,(H2,19,20,21). The lowest BCUT2D eigenvalue weighted by molar-refractivity contribution is 0.0191. The maximum atomic E-state index is 5.65. The number of aliphatic imine (C=N–C) groups is 1. The summed E-state index contributed by atoms with van der Waals surface area (Å²) in [7, 11) is 1.82. The molecular formula is C18H36N4O2. The molecule has 1 unspecified atom stereocenters. The number of guanidine groups is 1. The SMILES string of the molecule is CN=C(NCCCN1CCCCCC1)NCCOCC1CCCO1. The van der Waals surface area contributed by atoms with Crippen LogP contribution in [0.3, 0.4) is 0 Å². The molecule has 2 N–H and O–H groups in total. The quantitative estimate of drug-likeness (QED) is 0.379. The molecule has 0 amide bonds. The maximum absolute atomic E-state index is 5.65. The first-order valence-corrected chi connectivity index (χ1v) is 9.74. The van der Waals surface area contributed by atoms with Crippen LogP contribution in [0.25, 0.3) is 0 Å². The van der Waals surface area contributed by atoms with E-state index in [-0.39, 0.29) is 0 Å². The van der Waals surface area contributed by atoms with Gasteiger partial charge in [-0.05, 0) is 51.7 Å². The molecule has 2 heterocycles. The van der Waals surface area contributed by atoms with Gasteiger partial charge in [-0.3, -0.25) is 4.99 Å². The van der Waals surface area contributed by atoms with Gasteiger partial charge in [-0.15, -0.1) is 0 Å². The van der Waals surface area contributed by atoms with Crippen molar-refractivity contribution in [2.24, 2.45) is 4.99 Å². The van der Waals surface area contributed by atoms with Crippen LogP contribution >= 0.6 is 0 Å². The molecule has 0 aromatic rings. The average Bonchev–Trinajstić information content (AvgIpc) is 2.98. The average molecular weight is 341 g/mol. The molecule has 6 heteroatoms. The Morgan fingerprint density at radius 2 is 1.92 bits per heavy atom. The Kier molecular flexibility index (Phi) is 10.1. The zero-order valence-corrected chi connectivity index (χ0v) is 15.4.